The van der Waals surface area contributed by atoms with Crippen molar-refractivity contribution in [1.82, 2.24) is 9.97 Å². The molecule has 26 heavy (non-hydrogen) atoms. The lowest BCUT2D eigenvalue weighted by Crippen LogP contribution is -1.97. The first kappa shape index (κ1) is 16.9. The number of benzene rings is 2. The van der Waals surface area contributed by atoms with Crippen LogP contribution in [-0.2, 0) is 0 Å². The molecule has 0 radical (unpaired) electrons. The Labute approximate surface area is 157 Å². The van der Waals surface area contributed by atoms with Crippen LogP contribution in [0.3, 0.4) is 0 Å². The van der Waals surface area contributed by atoms with Gasteiger partial charge in [-0.3, -0.25) is 0 Å². The van der Waals surface area contributed by atoms with Gasteiger partial charge in [0.15, 0.2) is 0 Å². The number of anilines is 2. The number of hydrogen-bond donors (Lipinski definition) is 1. The first-order valence-corrected chi connectivity index (χ1v) is 8.95. The maximum absolute atomic E-state index is 13.4. The molecule has 0 unspecified atom stereocenters. The van der Waals surface area contributed by atoms with Crippen molar-refractivity contribution in [1.29, 1.82) is 0 Å². The van der Waals surface area contributed by atoms with Gasteiger partial charge in [0.05, 0.1) is 10.4 Å². The Kier molecular flexibility index (Phi) is 4.30. The van der Waals surface area contributed by atoms with E-state index < -0.39 is 5.82 Å². The molecule has 2 aromatic heterocycles. The summed E-state index contributed by atoms with van der Waals surface area (Å²) in [5, 5.41) is 4.04. The summed E-state index contributed by atoms with van der Waals surface area (Å²) in [6.07, 6.45) is 0. The summed E-state index contributed by atoms with van der Waals surface area (Å²) >= 11 is 7.35. The fourth-order valence-corrected chi connectivity index (χ4v) is 3.85. The molecule has 2 aromatic carbocycles. The number of fused-ring (bicyclic) bond motifs is 1. The van der Waals surface area contributed by atoms with Gasteiger partial charge in [-0.2, -0.15) is 0 Å². The second kappa shape index (κ2) is 6.63. The Hall–Kier alpha value is -2.57. The van der Waals surface area contributed by atoms with Crippen molar-refractivity contribution < 1.29 is 8.78 Å². The minimum Gasteiger partial charge on any atom is -0.340 e. The molecule has 0 aliphatic carbocycles. The van der Waals surface area contributed by atoms with Crippen LogP contribution in [0.5, 0.6) is 0 Å². The zero-order valence-corrected chi connectivity index (χ0v) is 15.1. The van der Waals surface area contributed by atoms with Crippen molar-refractivity contribution in [3.63, 3.8) is 0 Å². The van der Waals surface area contributed by atoms with E-state index in [4.69, 9.17) is 11.6 Å². The molecule has 0 aliphatic rings. The molecule has 130 valence electrons. The number of rotatable bonds is 3. The Morgan fingerprint density at radius 2 is 1.77 bits per heavy atom. The molecule has 0 bridgehead atoms. The van der Waals surface area contributed by atoms with Crippen LogP contribution in [0, 0.1) is 18.6 Å². The highest BCUT2D eigenvalue weighted by Crippen LogP contribution is 2.36. The third-order valence-electron chi connectivity index (χ3n) is 3.82. The summed E-state index contributed by atoms with van der Waals surface area (Å²) in [5.41, 5.74) is 1.54. The zero-order valence-electron chi connectivity index (χ0n) is 13.6. The fraction of sp³-hybridized carbons (Fsp3) is 0.0526. The Balaban J connectivity index is 1.78. The first-order valence-electron chi connectivity index (χ1n) is 7.76. The average Bonchev–Trinajstić information content (AvgIpc) is 3.03. The highest BCUT2D eigenvalue weighted by molar-refractivity contribution is 7.21. The van der Waals surface area contributed by atoms with Crippen LogP contribution in [0.15, 0.2) is 48.5 Å². The molecule has 0 aliphatic heterocycles. The van der Waals surface area contributed by atoms with Gasteiger partial charge in [-0.05, 0) is 48.9 Å². The van der Waals surface area contributed by atoms with E-state index in [9.17, 15) is 8.78 Å². The third-order valence-corrected chi connectivity index (χ3v) is 5.18. The van der Waals surface area contributed by atoms with E-state index in [1.165, 1.54) is 35.6 Å². The smallest absolute Gasteiger partial charge is 0.142 e. The topological polar surface area (TPSA) is 37.8 Å². The zero-order chi connectivity index (χ0) is 18.3. The van der Waals surface area contributed by atoms with Crippen LogP contribution < -0.4 is 5.32 Å². The van der Waals surface area contributed by atoms with Crippen molar-refractivity contribution >= 4 is 44.7 Å². The van der Waals surface area contributed by atoms with Crippen LogP contribution in [0.1, 0.15) is 5.82 Å². The minimum atomic E-state index is -0.477. The van der Waals surface area contributed by atoms with Gasteiger partial charge in [-0.25, -0.2) is 18.7 Å². The van der Waals surface area contributed by atoms with E-state index in [0.717, 1.165) is 20.7 Å². The van der Waals surface area contributed by atoms with Gasteiger partial charge in [0.2, 0.25) is 0 Å². The van der Waals surface area contributed by atoms with Gasteiger partial charge >= 0.3 is 0 Å². The minimum absolute atomic E-state index is 0.0364. The van der Waals surface area contributed by atoms with E-state index in [1.54, 1.807) is 25.1 Å². The van der Waals surface area contributed by atoms with E-state index >= 15 is 0 Å². The predicted molar refractivity (Wildman–Crippen MR) is 102 cm³/mol. The number of hydrogen-bond acceptors (Lipinski definition) is 4. The third kappa shape index (κ3) is 3.25. The van der Waals surface area contributed by atoms with Crippen molar-refractivity contribution in [3.8, 4) is 10.4 Å². The molecule has 7 heteroatoms. The van der Waals surface area contributed by atoms with Crippen LogP contribution >= 0.6 is 22.9 Å². The monoisotopic (exact) mass is 387 g/mol. The summed E-state index contributed by atoms with van der Waals surface area (Å²) in [6, 6.07) is 12.7. The second-order valence-corrected chi connectivity index (χ2v) is 7.15. The van der Waals surface area contributed by atoms with Crippen molar-refractivity contribution in [2.45, 2.75) is 6.92 Å². The Morgan fingerprint density at radius 1 is 1.00 bits per heavy atom. The molecule has 0 saturated heterocycles. The van der Waals surface area contributed by atoms with E-state index in [1.807, 2.05) is 6.07 Å². The summed E-state index contributed by atoms with van der Waals surface area (Å²) in [6.45, 7) is 1.81. The molecule has 0 atom stereocenters. The van der Waals surface area contributed by atoms with Gasteiger partial charge in [-0.15, -0.1) is 11.3 Å². The lowest BCUT2D eigenvalue weighted by molar-refractivity contribution is 0.628. The number of halogens is 3. The molecule has 4 rings (SSSR count). The normalized spacial score (nSPS) is 11.1. The Bertz CT molecular complexity index is 1110. The molecule has 0 fully saturated rings. The van der Waals surface area contributed by atoms with E-state index in [-0.39, 0.29) is 10.8 Å². The van der Waals surface area contributed by atoms with E-state index in [0.29, 0.717) is 17.3 Å². The quantitative estimate of drug-likeness (QED) is 0.445. The standard InChI is InChI=1S/C19H12ClF2N3S/c1-10-23-18(25-13-6-7-16(22)15(20)8-13)14-9-17(26-19(14)24-10)11-2-4-12(21)5-3-11/h2-9H,1H3,(H,23,24,25). The van der Waals surface area contributed by atoms with Gasteiger partial charge in [-0.1, -0.05) is 23.7 Å². The Morgan fingerprint density at radius 3 is 2.50 bits per heavy atom. The fourth-order valence-electron chi connectivity index (χ4n) is 2.59. The molecular weight excluding hydrogens is 376 g/mol. The van der Waals surface area contributed by atoms with Crippen LogP contribution in [0.2, 0.25) is 5.02 Å². The summed E-state index contributed by atoms with van der Waals surface area (Å²) in [5.74, 6) is 0.469. The predicted octanol–water partition coefficient (Wildman–Crippen LogP) is 6.34. The molecule has 2 heterocycles. The molecule has 3 nitrogen and oxygen atoms in total. The number of aromatic nitrogens is 2. The van der Waals surface area contributed by atoms with Gasteiger partial charge in [0.25, 0.3) is 0 Å². The molecule has 0 saturated carbocycles. The average molecular weight is 388 g/mol. The van der Waals surface area contributed by atoms with Gasteiger partial charge in [0.1, 0.15) is 28.1 Å². The first-order chi connectivity index (χ1) is 12.5. The van der Waals surface area contributed by atoms with Crippen LogP contribution in [-0.4, -0.2) is 9.97 Å². The largest absolute Gasteiger partial charge is 0.340 e. The van der Waals surface area contributed by atoms with Gasteiger partial charge in [0, 0.05) is 10.6 Å². The number of nitrogens with zero attached hydrogens (tertiary/aromatic N) is 2. The SMILES string of the molecule is Cc1nc(Nc2ccc(F)c(Cl)c2)c2cc(-c3ccc(F)cc3)sc2n1. The lowest BCUT2D eigenvalue weighted by Gasteiger charge is -2.08. The van der Waals surface area contributed by atoms with Gasteiger partial charge < -0.3 is 5.32 Å². The van der Waals surface area contributed by atoms with Crippen molar-refractivity contribution in [2.24, 2.45) is 0 Å². The van der Waals surface area contributed by atoms with Crippen LogP contribution in [0.4, 0.5) is 20.3 Å². The summed E-state index contributed by atoms with van der Waals surface area (Å²) < 4.78 is 26.5. The molecular formula is C19H12ClF2N3S. The maximum Gasteiger partial charge on any atom is 0.142 e. The lowest BCUT2D eigenvalue weighted by atomic mass is 10.2. The number of thiophene rings is 1. The molecule has 1 N–H and O–H groups in total. The number of nitrogens with one attached hydrogen (secondary N) is 1. The van der Waals surface area contributed by atoms with Crippen LogP contribution in [0.25, 0.3) is 20.7 Å². The highest BCUT2D eigenvalue weighted by atomic mass is 35.5. The highest BCUT2D eigenvalue weighted by Gasteiger charge is 2.13. The van der Waals surface area contributed by atoms with Crippen molar-refractivity contribution in [3.05, 3.63) is 71.0 Å². The molecule has 0 spiro atoms. The molecule has 4 aromatic rings. The summed E-state index contributed by atoms with van der Waals surface area (Å²) in [7, 11) is 0. The van der Waals surface area contributed by atoms with E-state index in [2.05, 4.69) is 15.3 Å². The second-order valence-electron chi connectivity index (χ2n) is 5.71. The molecule has 0 amide bonds. The maximum atomic E-state index is 13.4. The van der Waals surface area contributed by atoms with Crippen molar-refractivity contribution in [2.75, 3.05) is 5.32 Å². The number of aryl methyl sites for hydroxylation is 1. The summed E-state index contributed by atoms with van der Waals surface area (Å²) in [4.78, 5) is 10.7.